The Labute approximate surface area is 180 Å². The first kappa shape index (κ1) is 29.2. The summed E-state index contributed by atoms with van der Waals surface area (Å²) in [7, 11) is 0. The van der Waals surface area contributed by atoms with Crippen LogP contribution in [0.1, 0.15) is 12.5 Å². The standard InChI is InChI=1S/C17H10F13NO3/c1-8(32)10(5-9-3-2-4-31-6-9)11(33)34-7-12(18,19)13(20,21)14(22,23)15(24,25)16(26,27)17(28,29)30/h2-6H,7H2,1H3. The number of alkyl halides is 13. The van der Waals surface area contributed by atoms with Gasteiger partial charge in [0.2, 0.25) is 0 Å². The van der Waals surface area contributed by atoms with E-state index in [0.717, 1.165) is 6.20 Å². The van der Waals surface area contributed by atoms with E-state index in [4.69, 9.17) is 0 Å². The minimum absolute atomic E-state index is 0.0534. The van der Waals surface area contributed by atoms with Gasteiger partial charge in [-0.15, -0.1) is 0 Å². The summed E-state index contributed by atoms with van der Waals surface area (Å²) in [6.07, 6.45) is -4.70. The minimum atomic E-state index is -8.07. The van der Waals surface area contributed by atoms with Crippen molar-refractivity contribution in [1.29, 1.82) is 0 Å². The summed E-state index contributed by atoms with van der Waals surface area (Å²) in [4.78, 5) is 26.8. The molecule has 17 heteroatoms. The van der Waals surface area contributed by atoms with Gasteiger partial charge in [0.1, 0.15) is 5.57 Å². The van der Waals surface area contributed by atoms with Crippen molar-refractivity contribution in [3.05, 3.63) is 35.7 Å². The number of ketones is 1. The van der Waals surface area contributed by atoms with E-state index in [-0.39, 0.29) is 5.56 Å². The summed E-state index contributed by atoms with van der Waals surface area (Å²) in [6, 6.07) is 2.44. The van der Waals surface area contributed by atoms with Crippen LogP contribution in [0.2, 0.25) is 0 Å². The molecule has 0 atom stereocenters. The average molecular weight is 523 g/mol. The fourth-order valence-corrected chi connectivity index (χ4v) is 2.06. The molecule has 0 amide bonds. The number of carbonyl (C=O) groups excluding carboxylic acids is 2. The van der Waals surface area contributed by atoms with Crippen LogP contribution in [0.15, 0.2) is 30.1 Å². The molecule has 0 saturated heterocycles. The maximum Gasteiger partial charge on any atom is 0.460 e. The van der Waals surface area contributed by atoms with Gasteiger partial charge in [-0.05, 0) is 24.6 Å². The number of aromatic nitrogens is 1. The second-order valence-corrected chi connectivity index (χ2v) is 6.48. The Morgan fingerprint density at radius 3 is 1.76 bits per heavy atom. The largest absolute Gasteiger partial charge is 0.460 e. The predicted octanol–water partition coefficient (Wildman–Crippen LogP) is 5.34. The number of hydrogen-bond donors (Lipinski definition) is 0. The molecule has 192 valence electrons. The molecule has 0 fully saturated rings. The smallest absolute Gasteiger partial charge is 0.455 e. The Hall–Kier alpha value is -2.88. The SMILES string of the molecule is CC(=O)C(=Cc1cccnc1)C(=O)OCC(F)(F)C(F)(F)C(F)(F)C(F)(F)C(F)(F)C(F)(F)F. The van der Waals surface area contributed by atoms with E-state index in [9.17, 15) is 66.7 Å². The number of ether oxygens (including phenoxy) is 1. The van der Waals surface area contributed by atoms with Crippen LogP contribution in [0, 0.1) is 0 Å². The highest BCUT2D eigenvalue weighted by Gasteiger charge is 2.90. The molecule has 0 aliphatic carbocycles. The van der Waals surface area contributed by atoms with Gasteiger partial charge in [-0.25, -0.2) is 4.79 Å². The van der Waals surface area contributed by atoms with Crippen LogP contribution in [0.5, 0.6) is 0 Å². The third kappa shape index (κ3) is 4.96. The lowest BCUT2D eigenvalue weighted by Crippen LogP contribution is -2.70. The molecular weight excluding hydrogens is 513 g/mol. The van der Waals surface area contributed by atoms with Crippen molar-refractivity contribution in [1.82, 2.24) is 4.98 Å². The van der Waals surface area contributed by atoms with Crippen molar-refractivity contribution in [2.24, 2.45) is 0 Å². The van der Waals surface area contributed by atoms with Gasteiger partial charge in [0.15, 0.2) is 12.4 Å². The number of Topliss-reactive ketones (excluding diaryl/α,β-unsaturated/α-hetero) is 1. The monoisotopic (exact) mass is 523 g/mol. The van der Waals surface area contributed by atoms with Gasteiger partial charge < -0.3 is 4.74 Å². The van der Waals surface area contributed by atoms with Crippen molar-refractivity contribution in [2.45, 2.75) is 42.7 Å². The van der Waals surface area contributed by atoms with Gasteiger partial charge in [0.25, 0.3) is 0 Å². The van der Waals surface area contributed by atoms with Crippen LogP contribution in [0.3, 0.4) is 0 Å². The van der Waals surface area contributed by atoms with Crippen LogP contribution in [0.4, 0.5) is 57.1 Å². The molecule has 0 bridgehead atoms. The highest BCUT2D eigenvalue weighted by molar-refractivity contribution is 6.19. The number of hydrogen-bond acceptors (Lipinski definition) is 4. The summed E-state index contributed by atoms with van der Waals surface area (Å²) in [5.41, 5.74) is -1.20. The van der Waals surface area contributed by atoms with E-state index in [1.54, 1.807) is 0 Å². The number of pyridine rings is 1. The summed E-state index contributed by atoms with van der Waals surface area (Å²) < 4.78 is 173. The van der Waals surface area contributed by atoms with E-state index >= 15 is 0 Å². The Morgan fingerprint density at radius 1 is 0.853 bits per heavy atom. The van der Waals surface area contributed by atoms with Gasteiger partial charge >= 0.3 is 41.8 Å². The van der Waals surface area contributed by atoms with E-state index < -0.39 is 59.7 Å². The van der Waals surface area contributed by atoms with Crippen LogP contribution >= 0.6 is 0 Å². The Kier molecular flexibility index (Phi) is 7.76. The minimum Gasteiger partial charge on any atom is -0.455 e. The first-order chi connectivity index (χ1) is 15.0. The molecule has 0 N–H and O–H groups in total. The molecule has 1 rings (SSSR count). The van der Waals surface area contributed by atoms with E-state index in [1.165, 1.54) is 18.3 Å². The van der Waals surface area contributed by atoms with E-state index in [0.29, 0.717) is 13.0 Å². The zero-order chi connectivity index (χ0) is 27.0. The zero-order valence-corrected chi connectivity index (χ0v) is 16.2. The Morgan fingerprint density at radius 2 is 1.35 bits per heavy atom. The molecule has 1 heterocycles. The first-order valence-corrected chi connectivity index (χ1v) is 8.30. The maximum atomic E-state index is 13.7. The zero-order valence-electron chi connectivity index (χ0n) is 16.2. The molecule has 0 aliphatic heterocycles. The Bertz CT molecular complexity index is 940. The van der Waals surface area contributed by atoms with Gasteiger partial charge in [0, 0.05) is 12.4 Å². The van der Waals surface area contributed by atoms with Crippen molar-refractivity contribution < 1.29 is 71.4 Å². The summed E-state index contributed by atoms with van der Waals surface area (Å²) in [5, 5.41) is 0. The second kappa shape index (κ2) is 9.05. The van der Waals surface area contributed by atoms with E-state index in [1.807, 2.05) is 0 Å². The highest BCUT2D eigenvalue weighted by Crippen LogP contribution is 2.60. The molecule has 1 aromatic rings. The molecule has 34 heavy (non-hydrogen) atoms. The summed E-state index contributed by atoms with van der Waals surface area (Å²) in [6.45, 7) is -2.57. The second-order valence-electron chi connectivity index (χ2n) is 6.48. The third-order valence-corrected chi connectivity index (χ3v) is 3.98. The van der Waals surface area contributed by atoms with Crippen LogP contribution in [-0.4, -0.2) is 59.1 Å². The molecule has 0 saturated carbocycles. The van der Waals surface area contributed by atoms with Crippen LogP contribution in [-0.2, 0) is 14.3 Å². The van der Waals surface area contributed by atoms with Crippen molar-refractivity contribution >= 4 is 17.8 Å². The molecule has 4 nitrogen and oxygen atoms in total. The van der Waals surface area contributed by atoms with Gasteiger partial charge in [-0.3, -0.25) is 9.78 Å². The fourth-order valence-electron chi connectivity index (χ4n) is 2.06. The number of esters is 1. The average Bonchev–Trinajstić information content (AvgIpc) is 2.69. The quantitative estimate of drug-likeness (QED) is 0.144. The number of nitrogens with zero attached hydrogens (tertiary/aromatic N) is 1. The first-order valence-electron chi connectivity index (χ1n) is 8.30. The Balaban J connectivity index is 3.26. The molecule has 1 aromatic heterocycles. The normalized spacial score (nSPS) is 14.7. The lowest BCUT2D eigenvalue weighted by molar-refractivity contribution is -0.441. The van der Waals surface area contributed by atoms with Gasteiger partial charge in [-0.2, -0.15) is 57.1 Å². The van der Waals surface area contributed by atoms with Gasteiger partial charge in [-0.1, -0.05) is 6.07 Å². The van der Waals surface area contributed by atoms with Crippen LogP contribution in [0.25, 0.3) is 6.08 Å². The number of rotatable bonds is 9. The highest BCUT2D eigenvalue weighted by atomic mass is 19.4. The third-order valence-electron chi connectivity index (χ3n) is 3.98. The number of carbonyl (C=O) groups is 2. The van der Waals surface area contributed by atoms with Crippen molar-refractivity contribution in [3.8, 4) is 0 Å². The number of halogens is 13. The van der Waals surface area contributed by atoms with Crippen molar-refractivity contribution in [2.75, 3.05) is 6.61 Å². The maximum absolute atomic E-state index is 13.7. The fraction of sp³-hybridized carbons (Fsp3) is 0.471. The van der Waals surface area contributed by atoms with Crippen molar-refractivity contribution in [3.63, 3.8) is 0 Å². The van der Waals surface area contributed by atoms with Crippen LogP contribution < -0.4 is 0 Å². The predicted molar refractivity (Wildman–Crippen MR) is 84.6 cm³/mol. The molecule has 0 aliphatic rings. The lowest BCUT2D eigenvalue weighted by atomic mass is 9.94. The molecule has 0 aromatic carbocycles. The summed E-state index contributed by atoms with van der Waals surface area (Å²) in [5.74, 6) is -41.6. The lowest BCUT2D eigenvalue weighted by Gasteiger charge is -2.39. The van der Waals surface area contributed by atoms with Gasteiger partial charge in [0.05, 0.1) is 0 Å². The molecule has 0 spiro atoms. The topological polar surface area (TPSA) is 56.3 Å². The molecular formula is C17H10F13NO3. The van der Waals surface area contributed by atoms with E-state index in [2.05, 4.69) is 9.72 Å². The molecule has 0 radical (unpaired) electrons. The molecule has 0 unspecified atom stereocenters. The summed E-state index contributed by atoms with van der Waals surface area (Å²) >= 11 is 0.